The Morgan fingerprint density at radius 1 is 1.19 bits per heavy atom. The van der Waals surface area contributed by atoms with Crippen molar-refractivity contribution < 1.29 is 8.42 Å². The van der Waals surface area contributed by atoms with Crippen LogP contribution in [0.25, 0.3) is 0 Å². The average molecular weight is 237 g/mol. The van der Waals surface area contributed by atoms with E-state index in [-0.39, 0.29) is 11.8 Å². The van der Waals surface area contributed by atoms with Crippen LogP contribution in [0.2, 0.25) is 0 Å². The second-order valence-electron chi connectivity index (χ2n) is 4.29. The molecule has 1 aliphatic heterocycles. The Hall–Kier alpha value is -1.29. The molecule has 1 atom stereocenters. The smallest absolute Gasteiger partial charge is 0.173 e. The Bertz CT molecular complexity index is 512. The molecule has 0 saturated heterocycles. The lowest BCUT2D eigenvalue weighted by atomic mass is 10.1. The van der Waals surface area contributed by atoms with E-state index in [0.717, 1.165) is 5.69 Å². The number of hydrogen-bond acceptors (Lipinski definition) is 3. The van der Waals surface area contributed by atoms with Gasteiger partial charge in [-0.05, 0) is 37.1 Å². The molecule has 1 aromatic rings. The van der Waals surface area contributed by atoms with Crippen molar-refractivity contribution in [3.63, 3.8) is 0 Å². The van der Waals surface area contributed by atoms with E-state index in [4.69, 9.17) is 0 Å². The highest BCUT2D eigenvalue weighted by molar-refractivity contribution is 7.94. The number of nitrogens with one attached hydrogen (secondary N) is 1. The van der Waals surface area contributed by atoms with Crippen molar-refractivity contribution in [2.45, 2.75) is 19.9 Å². The molecule has 3 nitrogen and oxygen atoms in total. The van der Waals surface area contributed by atoms with E-state index < -0.39 is 9.84 Å². The molecule has 0 bridgehead atoms. The fourth-order valence-corrected chi connectivity index (χ4v) is 3.17. The summed E-state index contributed by atoms with van der Waals surface area (Å²) in [6.45, 7) is 4.05. The number of rotatable bonds is 2. The van der Waals surface area contributed by atoms with Crippen molar-refractivity contribution >= 4 is 15.5 Å². The van der Waals surface area contributed by atoms with Gasteiger partial charge < -0.3 is 5.32 Å². The standard InChI is InChI=1S/C12H15NO2S/c1-9-5-10(2)7-12(6-9)13-11-3-4-16(14,15)8-11/h3-7,11,13H,8H2,1-2H3/t11-/m0/s1. The Morgan fingerprint density at radius 3 is 2.31 bits per heavy atom. The van der Waals surface area contributed by atoms with Gasteiger partial charge in [-0.1, -0.05) is 12.1 Å². The highest BCUT2D eigenvalue weighted by atomic mass is 32.2. The van der Waals surface area contributed by atoms with Crippen LogP contribution in [0.15, 0.2) is 29.7 Å². The van der Waals surface area contributed by atoms with E-state index in [0.29, 0.717) is 0 Å². The van der Waals surface area contributed by atoms with Crippen molar-refractivity contribution in [2.24, 2.45) is 0 Å². The van der Waals surface area contributed by atoms with Gasteiger partial charge in [0.25, 0.3) is 0 Å². The lowest BCUT2D eigenvalue weighted by Gasteiger charge is -2.12. The van der Waals surface area contributed by atoms with Gasteiger partial charge in [0.05, 0.1) is 11.8 Å². The molecule has 0 aliphatic carbocycles. The molecule has 1 aromatic carbocycles. The van der Waals surface area contributed by atoms with Crippen molar-refractivity contribution in [2.75, 3.05) is 11.1 Å². The summed E-state index contributed by atoms with van der Waals surface area (Å²) in [4.78, 5) is 0. The van der Waals surface area contributed by atoms with Crippen LogP contribution in [-0.4, -0.2) is 20.2 Å². The fraction of sp³-hybridized carbons (Fsp3) is 0.333. The van der Waals surface area contributed by atoms with Gasteiger partial charge in [-0.25, -0.2) is 8.42 Å². The fourth-order valence-electron chi connectivity index (χ4n) is 1.94. The van der Waals surface area contributed by atoms with Gasteiger partial charge in [-0.15, -0.1) is 0 Å². The molecule has 2 rings (SSSR count). The van der Waals surface area contributed by atoms with Gasteiger partial charge in [0.15, 0.2) is 9.84 Å². The first kappa shape index (κ1) is 11.2. The van der Waals surface area contributed by atoms with Crippen LogP contribution in [0.3, 0.4) is 0 Å². The van der Waals surface area contributed by atoms with Crippen LogP contribution in [0.5, 0.6) is 0 Å². The van der Waals surface area contributed by atoms with Crippen molar-refractivity contribution in [3.05, 3.63) is 40.8 Å². The highest BCUT2D eigenvalue weighted by Gasteiger charge is 2.21. The van der Waals surface area contributed by atoms with Gasteiger partial charge in [-0.2, -0.15) is 0 Å². The maximum absolute atomic E-state index is 11.2. The molecular formula is C12H15NO2S. The third-order valence-electron chi connectivity index (χ3n) is 2.50. The number of benzene rings is 1. The summed E-state index contributed by atoms with van der Waals surface area (Å²) in [5, 5.41) is 4.50. The summed E-state index contributed by atoms with van der Waals surface area (Å²) in [5.41, 5.74) is 3.32. The zero-order valence-electron chi connectivity index (χ0n) is 9.40. The molecular weight excluding hydrogens is 222 g/mol. The lowest BCUT2D eigenvalue weighted by Crippen LogP contribution is -2.20. The highest BCUT2D eigenvalue weighted by Crippen LogP contribution is 2.18. The molecule has 1 heterocycles. The van der Waals surface area contributed by atoms with Crippen LogP contribution in [0, 0.1) is 13.8 Å². The minimum absolute atomic E-state index is 0.105. The molecule has 0 radical (unpaired) electrons. The van der Waals surface area contributed by atoms with E-state index >= 15 is 0 Å². The molecule has 0 aromatic heterocycles. The first-order valence-electron chi connectivity index (χ1n) is 5.20. The Kier molecular flexibility index (Phi) is 2.76. The normalized spacial score (nSPS) is 22.2. The number of aryl methyl sites for hydroxylation is 2. The molecule has 1 aliphatic rings. The summed E-state index contributed by atoms with van der Waals surface area (Å²) in [7, 11) is -2.98. The molecule has 1 N–H and O–H groups in total. The third kappa shape index (κ3) is 2.64. The minimum atomic E-state index is -2.98. The molecule has 0 spiro atoms. The van der Waals surface area contributed by atoms with Crippen LogP contribution in [0.4, 0.5) is 5.69 Å². The molecule has 86 valence electrons. The molecule has 16 heavy (non-hydrogen) atoms. The molecule has 0 amide bonds. The third-order valence-corrected chi connectivity index (χ3v) is 3.90. The predicted molar refractivity (Wildman–Crippen MR) is 66.3 cm³/mol. The summed E-state index contributed by atoms with van der Waals surface area (Å²) in [5.74, 6) is 0.153. The maximum atomic E-state index is 11.2. The second kappa shape index (κ2) is 3.94. The van der Waals surface area contributed by atoms with E-state index in [1.165, 1.54) is 16.5 Å². The van der Waals surface area contributed by atoms with Crippen molar-refractivity contribution in [1.29, 1.82) is 0 Å². The van der Waals surface area contributed by atoms with E-state index in [1.54, 1.807) is 6.08 Å². The summed E-state index contributed by atoms with van der Waals surface area (Å²) >= 11 is 0. The number of sulfone groups is 1. The molecule has 4 heteroatoms. The topological polar surface area (TPSA) is 46.2 Å². The van der Waals surface area contributed by atoms with Crippen LogP contribution in [-0.2, 0) is 9.84 Å². The minimum Gasteiger partial charge on any atom is -0.378 e. The van der Waals surface area contributed by atoms with E-state index in [2.05, 4.69) is 11.4 Å². The van der Waals surface area contributed by atoms with Gasteiger partial charge in [0, 0.05) is 11.1 Å². The quantitative estimate of drug-likeness (QED) is 0.856. The Balaban J connectivity index is 2.14. The first-order valence-corrected chi connectivity index (χ1v) is 6.92. The number of anilines is 1. The summed E-state index contributed by atoms with van der Waals surface area (Å²) < 4.78 is 22.5. The summed E-state index contributed by atoms with van der Waals surface area (Å²) in [6, 6.07) is 6.02. The predicted octanol–water partition coefficient (Wildman–Crippen LogP) is 2.03. The maximum Gasteiger partial charge on any atom is 0.173 e. The Labute approximate surface area is 96.1 Å². The zero-order chi connectivity index (χ0) is 11.8. The van der Waals surface area contributed by atoms with Gasteiger partial charge in [0.2, 0.25) is 0 Å². The zero-order valence-corrected chi connectivity index (χ0v) is 10.2. The van der Waals surface area contributed by atoms with Crippen molar-refractivity contribution in [1.82, 2.24) is 0 Å². The van der Waals surface area contributed by atoms with Gasteiger partial charge >= 0.3 is 0 Å². The SMILES string of the molecule is Cc1cc(C)cc(N[C@H]2C=CS(=O)(=O)C2)c1. The Morgan fingerprint density at radius 2 is 1.81 bits per heavy atom. The van der Waals surface area contributed by atoms with E-state index in [1.807, 2.05) is 26.0 Å². The lowest BCUT2D eigenvalue weighted by molar-refractivity contribution is 0.605. The molecule has 0 fully saturated rings. The van der Waals surface area contributed by atoms with Crippen molar-refractivity contribution in [3.8, 4) is 0 Å². The van der Waals surface area contributed by atoms with Gasteiger partial charge in [0.1, 0.15) is 0 Å². The van der Waals surface area contributed by atoms with Crippen LogP contribution < -0.4 is 5.32 Å². The monoisotopic (exact) mass is 237 g/mol. The first-order chi connectivity index (χ1) is 7.44. The van der Waals surface area contributed by atoms with Crippen LogP contribution >= 0.6 is 0 Å². The molecule has 0 unspecified atom stereocenters. The van der Waals surface area contributed by atoms with Crippen LogP contribution in [0.1, 0.15) is 11.1 Å². The molecule has 0 saturated carbocycles. The largest absolute Gasteiger partial charge is 0.378 e. The van der Waals surface area contributed by atoms with Gasteiger partial charge in [-0.3, -0.25) is 0 Å². The number of hydrogen-bond donors (Lipinski definition) is 1. The summed E-state index contributed by atoms with van der Waals surface area (Å²) in [6.07, 6.45) is 1.70. The average Bonchev–Trinajstić information content (AvgIpc) is 2.43. The van der Waals surface area contributed by atoms with E-state index in [9.17, 15) is 8.42 Å². The second-order valence-corrected chi connectivity index (χ2v) is 6.22.